The Labute approximate surface area is 251 Å². The summed E-state index contributed by atoms with van der Waals surface area (Å²) in [6, 6.07) is 19.8. The Kier molecular flexibility index (Phi) is 8.59. The van der Waals surface area contributed by atoms with Crippen molar-refractivity contribution in [2.45, 2.75) is 38.5 Å². The second-order valence-corrected chi connectivity index (χ2v) is 11.6. The molecule has 2 amide bonds. The standard InChI is InChI=1S/C33H37N7O3/c1-23-16-40(22-35-23)29-13-24(17-38-11-5-8-27(18-38)36-32(42)21-39-19-30(41)20-39)12-28(15-29)37-33(43)31-14-26(9-10-34-31)25-6-3-2-4-7-25/h2-4,6-7,9-10,12-16,22,27,30,41H,5,8,11,17-21H2,1H3,(H,36,42)(H,37,43)/t27-/m0/s1. The predicted molar refractivity (Wildman–Crippen MR) is 165 cm³/mol. The second kappa shape index (κ2) is 12.9. The summed E-state index contributed by atoms with van der Waals surface area (Å²) in [4.78, 5) is 38.9. The van der Waals surface area contributed by atoms with Crippen LogP contribution in [0.5, 0.6) is 0 Å². The highest BCUT2D eigenvalue weighted by Gasteiger charge is 2.28. The van der Waals surface area contributed by atoms with Crippen LogP contribution in [0.25, 0.3) is 16.8 Å². The smallest absolute Gasteiger partial charge is 0.274 e. The van der Waals surface area contributed by atoms with Gasteiger partial charge in [0.2, 0.25) is 5.91 Å². The molecule has 2 aromatic heterocycles. The number of likely N-dealkylation sites (tertiary alicyclic amines) is 2. The fourth-order valence-corrected chi connectivity index (χ4v) is 5.83. The van der Waals surface area contributed by atoms with Crippen molar-refractivity contribution in [3.63, 3.8) is 0 Å². The van der Waals surface area contributed by atoms with Crippen LogP contribution in [-0.2, 0) is 11.3 Å². The number of aryl methyl sites for hydroxylation is 1. The number of pyridine rings is 1. The Morgan fingerprint density at radius 3 is 2.58 bits per heavy atom. The van der Waals surface area contributed by atoms with E-state index in [1.54, 1.807) is 18.6 Å². The number of aromatic nitrogens is 3. The third-order valence-electron chi connectivity index (χ3n) is 7.93. The predicted octanol–water partition coefficient (Wildman–Crippen LogP) is 3.25. The van der Waals surface area contributed by atoms with E-state index in [0.717, 1.165) is 54.0 Å². The van der Waals surface area contributed by atoms with Gasteiger partial charge in [-0.25, -0.2) is 4.98 Å². The van der Waals surface area contributed by atoms with Crippen molar-refractivity contribution < 1.29 is 14.7 Å². The number of aliphatic hydroxyl groups is 1. The number of piperidine rings is 1. The lowest BCUT2D eigenvalue weighted by Gasteiger charge is -2.37. The number of hydrogen-bond donors (Lipinski definition) is 3. The highest BCUT2D eigenvalue weighted by molar-refractivity contribution is 6.03. The van der Waals surface area contributed by atoms with Crippen LogP contribution in [0.15, 0.2) is 79.4 Å². The average molecular weight is 580 g/mol. The van der Waals surface area contributed by atoms with Gasteiger partial charge in [0.05, 0.1) is 24.7 Å². The fourth-order valence-electron chi connectivity index (χ4n) is 5.83. The van der Waals surface area contributed by atoms with E-state index in [2.05, 4.69) is 31.6 Å². The molecule has 2 fully saturated rings. The van der Waals surface area contributed by atoms with E-state index >= 15 is 0 Å². The molecule has 0 unspecified atom stereocenters. The van der Waals surface area contributed by atoms with Gasteiger partial charge in [-0.15, -0.1) is 0 Å². The SMILES string of the molecule is Cc1cn(-c2cc(CN3CCC[C@H](NC(=O)CN4CC(O)C4)C3)cc(NC(=O)c3cc(-c4ccccc4)ccn3)c2)cn1. The fraction of sp³-hybridized carbons (Fsp3) is 0.333. The number of anilines is 1. The van der Waals surface area contributed by atoms with Crippen molar-refractivity contribution in [1.29, 1.82) is 0 Å². The molecule has 1 atom stereocenters. The molecule has 10 heteroatoms. The molecule has 2 saturated heterocycles. The van der Waals surface area contributed by atoms with Crippen molar-refractivity contribution in [1.82, 2.24) is 29.7 Å². The maximum atomic E-state index is 13.4. The van der Waals surface area contributed by atoms with Gasteiger partial charge in [0.1, 0.15) is 5.69 Å². The average Bonchev–Trinajstić information content (AvgIpc) is 3.43. The lowest BCUT2D eigenvalue weighted by Crippen LogP contribution is -2.56. The largest absolute Gasteiger partial charge is 0.390 e. The number of hydrogen-bond acceptors (Lipinski definition) is 7. The number of imidazole rings is 1. The van der Waals surface area contributed by atoms with Crippen LogP contribution in [0, 0.1) is 6.92 Å². The summed E-state index contributed by atoms with van der Waals surface area (Å²) < 4.78 is 1.95. The zero-order valence-electron chi connectivity index (χ0n) is 24.3. The van der Waals surface area contributed by atoms with E-state index in [1.807, 2.05) is 71.1 Å². The minimum Gasteiger partial charge on any atom is -0.390 e. The number of amides is 2. The topological polar surface area (TPSA) is 116 Å². The van der Waals surface area contributed by atoms with E-state index in [9.17, 15) is 14.7 Å². The molecule has 10 nitrogen and oxygen atoms in total. The first kappa shape index (κ1) is 28.7. The third-order valence-corrected chi connectivity index (χ3v) is 7.93. The van der Waals surface area contributed by atoms with Crippen LogP contribution < -0.4 is 10.6 Å². The monoisotopic (exact) mass is 579 g/mol. The van der Waals surface area contributed by atoms with E-state index in [-0.39, 0.29) is 24.0 Å². The highest BCUT2D eigenvalue weighted by atomic mass is 16.3. The van der Waals surface area contributed by atoms with Gasteiger partial charge >= 0.3 is 0 Å². The van der Waals surface area contributed by atoms with E-state index in [0.29, 0.717) is 37.6 Å². The van der Waals surface area contributed by atoms with Gasteiger partial charge in [-0.3, -0.25) is 24.4 Å². The molecule has 0 saturated carbocycles. The molecular formula is C33H37N7O3. The number of β-amino-alcohol motifs (C(OH)–C–C–N with tert-alkyl or cyclic N) is 1. The number of aliphatic hydroxyl groups excluding tert-OH is 1. The molecule has 222 valence electrons. The van der Waals surface area contributed by atoms with E-state index < -0.39 is 0 Å². The summed E-state index contributed by atoms with van der Waals surface area (Å²) in [5, 5.41) is 15.7. The van der Waals surface area contributed by atoms with E-state index in [4.69, 9.17) is 0 Å². The Bertz CT molecular complexity index is 1580. The maximum Gasteiger partial charge on any atom is 0.274 e. The molecule has 2 aliphatic heterocycles. The number of carbonyl (C=O) groups excluding carboxylic acids is 2. The molecule has 3 N–H and O–H groups in total. The van der Waals surface area contributed by atoms with Gasteiger partial charge in [-0.2, -0.15) is 0 Å². The van der Waals surface area contributed by atoms with E-state index in [1.165, 1.54) is 0 Å². The molecule has 0 spiro atoms. The minimum absolute atomic E-state index is 0.00571. The molecule has 4 aromatic rings. The van der Waals surface area contributed by atoms with Gasteiger partial charge in [0.15, 0.2) is 0 Å². The normalized spacial score (nSPS) is 17.8. The first-order valence-corrected chi connectivity index (χ1v) is 14.8. The first-order valence-electron chi connectivity index (χ1n) is 14.8. The molecule has 4 heterocycles. The zero-order chi connectivity index (χ0) is 29.8. The molecule has 2 aliphatic rings. The molecule has 43 heavy (non-hydrogen) atoms. The van der Waals surface area contributed by atoms with Crippen molar-refractivity contribution in [2.24, 2.45) is 0 Å². The van der Waals surface area contributed by atoms with Gasteiger partial charge in [0, 0.05) is 56.0 Å². The van der Waals surface area contributed by atoms with Crippen LogP contribution >= 0.6 is 0 Å². The van der Waals surface area contributed by atoms with Crippen molar-refractivity contribution in [3.8, 4) is 16.8 Å². The quantitative estimate of drug-likeness (QED) is 0.279. The lowest BCUT2D eigenvalue weighted by molar-refractivity contribution is -0.126. The van der Waals surface area contributed by atoms with Crippen LogP contribution in [0.3, 0.4) is 0 Å². The molecule has 2 aromatic carbocycles. The third kappa shape index (κ3) is 7.34. The summed E-state index contributed by atoms with van der Waals surface area (Å²) in [6.45, 7) is 5.75. The summed E-state index contributed by atoms with van der Waals surface area (Å²) in [5.41, 5.74) is 5.82. The Balaban J connectivity index is 1.17. The van der Waals surface area contributed by atoms with Crippen LogP contribution in [-0.4, -0.2) is 86.1 Å². The molecule has 0 bridgehead atoms. The number of carbonyl (C=O) groups is 2. The zero-order valence-corrected chi connectivity index (χ0v) is 24.3. The lowest BCUT2D eigenvalue weighted by atomic mass is 10.0. The number of nitrogens with one attached hydrogen (secondary N) is 2. The second-order valence-electron chi connectivity index (χ2n) is 11.6. The first-order chi connectivity index (χ1) is 20.9. The Hall–Kier alpha value is -4.38. The van der Waals surface area contributed by atoms with Gasteiger partial charge < -0.3 is 20.3 Å². The Morgan fingerprint density at radius 2 is 1.81 bits per heavy atom. The van der Waals surface area contributed by atoms with Crippen LogP contribution in [0.2, 0.25) is 0 Å². The summed E-state index contributed by atoms with van der Waals surface area (Å²) in [5.74, 6) is -0.274. The molecular weight excluding hydrogens is 542 g/mol. The van der Waals surface area contributed by atoms with Gasteiger partial charge in [0.25, 0.3) is 5.91 Å². The van der Waals surface area contributed by atoms with Crippen molar-refractivity contribution in [3.05, 3.63) is 96.3 Å². The number of nitrogens with zero attached hydrogens (tertiary/aromatic N) is 5. The summed E-state index contributed by atoms with van der Waals surface area (Å²) in [7, 11) is 0. The highest BCUT2D eigenvalue weighted by Crippen LogP contribution is 2.24. The number of rotatable bonds is 9. The van der Waals surface area contributed by atoms with Gasteiger partial charge in [-0.1, -0.05) is 30.3 Å². The molecule has 0 radical (unpaired) electrons. The number of benzene rings is 2. The molecule has 0 aliphatic carbocycles. The Morgan fingerprint density at radius 1 is 0.977 bits per heavy atom. The minimum atomic E-state index is -0.314. The van der Waals surface area contributed by atoms with Gasteiger partial charge in [-0.05, 0) is 73.3 Å². The maximum absolute atomic E-state index is 13.4. The summed E-state index contributed by atoms with van der Waals surface area (Å²) in [6.07, 6.45) is 7.00. The van der Waals surface area contributed by atoms with Crippen LogP contribution in [0.1, 0.15) is 34.6 Å². The van der Waals surface area contributed by atoms with Crippen molar-refractivity contribution >= 4 is 17.5 Å². The van der Waals surface area contributed by atoms with Crippen LogP contribution in [0.4, 0.5) is 5.69 Å². The molecule has 6 rings (SSSR count). The van der Waals surface area contributed by atoms with Crippen molar-refractivity contribution in [2.75, 3.05) is 38.0 Å². The summed E-state index contributed by atoms with van der Waals surface area (Å²) >= 11 is 0.